The van der Waals surface area contributed by atoms with Crippen molar-refractivity contribution in [2.24, 2.45) is 0 Å². The Bertz CT molecular complexity index is 579. The van der Waals surface area contributed by atoms with Gasteiger partial charge in [0, 0.05) is 19.0 Å². The molecular formula is C21H32N2O2. The number of carbonyl (C=O) groups is 2. The minimum atomic E-state index is -0.394. The van der Waals surface area contributed by atoms with Crippen LogP contribution in [0.25, 0.3) is 0 Å². The molecule has 1 aromatic carbocycles. The van der Waals surface area contributed by atoms with E-state index in [2.05, 4.69) is 11.4 Å². The average Bonchev–Trinajstić information content (AvgIpc) is 2.61. The van der Waals surface area contributed by atoms with Gasteiger partial charge in [0.15, 0.2) is 0 Å². The minimum absolute atomic E-state index is 0.00357. The molecule has 0 heterocycles. The lowest BCUT2D eigenvalue weighted by Crippen LogP contribution is -2.51. The Balaban J connectivity index is 2.12. The van der Waals surface area contributed by atoms with Gasteiger partial charge in [0.1, 0.15) is 6.04 Å². The van der Waals surface area contributed by atoms with Crippen LogP contribution in [0.3, 0.4) is 0 Å². The number of nitrogens with zero attached hydrogens (tertiary/aromatic N) is 1. The molecule has 138 valence electrons. The summed E-state index contributed by atoms with van der Waals surface area (Å²) in [6.45, 7) is 6.38. The summed E-state index contributed by atoms with van der Waals surface area (Å²) in [6, 6.07) is 8.03. The van der Waals surface area contributed by atoms with Crippen LogP contribution in [-0.4, -0.2) is 28.8 Å². The van der Waals surface area contributed by atoms with Gasteiger partial charge in [-0.2, -0.15) is 0 Å². The largest absolute Gasteiger partial charge is 0.352 e. The summed E-state index contributed by atoms with van der Waals surface area (Å²) in [5.74, 6) is 0.0380. The monoisotopic (exact) mass is 344 g/mol. The zero-order valence-electron chi connectivity index (χ0n) is 15.9. The van der Waals surface area contributed by atoms with Crippen LogP contribution < -0.4 is 5.32 Å². The van der Waals surface area contributed by atoms with E-state index in [1.54, 1.807) is 4.90 Å². The summed E-state index contributed by atoms with van der Waals surface area (Å²) >= 11 is 0. The van der Waals surface area contributed by atoms with Gasteiger partial charge in [-0.1, -0.05) is 62.9 Å². The molecule has 0 bridgehead atoms. The molecule has 0 saturated heterocycles. The number of aryl methyl sites for hydroxylation is 1. The minimum Gasteiger partial charge on any atom is -0.352 e. The normalized spacial score (nSPS) is 16.3. The van der Waals surface area contributed by atoms with E-state index in [9.17, 15) is 9.59 Å². The molecular weight excluding hydrogens is 312 g/mol. The number of hydrogen-bond donors (Lipinski definition) is 1. The average molecular weight is 344 g/mol. The molecule has 1 fully saturated rings. The van der Waals surface area contributed by atoms with Crippen LogP contribution in [0, 0.1) is 6.92 Å². The van der Waals surface area contributed by atoms with Gasteiger partial charge in [-0.15, -0.1) is 0 Å². The SMILES string of the molecule is CCC(=O)N(Cc1cccc(C)c1)[C@H](CC)C(=O)NC1CCCCC1. The van der Waals surface area contributed by atoms with E-state index in [-0.39, 0.29) is 17.9 Å². The fourth-order valence-corrected chi connectivity index (χ4v) is 3.67. The third kappa shape index (κ3) is 5.58. The fraction of sp³-hybridized carbons (Fsp3) is 0.619. The smallest absolute Gasteiger partial charge is 0.243 e. The van der Waals surface area contributed by atoms with Crippen LogP contribution in [0.15, 0.2) is 24.3 Å². The van der Waals surface area contributed by atoms with Crippen LogP contribution in [-0.2, 0) is 16.1 Å². The number of rotatable bonds is 7. The Morgan fingerprint density at radius 3 is 2.52 bits per heavy atom. The standard InChI is InChI=1S/C21H32N2O2/c1-4-19(21(25)22-18-12-7-6-8-13-18)23(20(24)5-2)15-17-11-9-10-16(3)14-17/h9-11,14,18-19H,4-8,12-13,15H2,1-3H3,(H,22,25)/t19-/m1/s1. The quantitative estimate of drug-likeness (QED) is 0.814. The highest BCUT2D eigenvalue weighted by molar-refractivity contribution is 5.87. The van der Waals surface area contributed by atoms with Gasteiger partial charge in [0.05, 0.1) is 0 Å². The lowest BCUT2D eigenvalue weighted by molar-refractivity contribution is -0.141. The van der Waals surface area contributed by atoms with Gasteiger partial charge in [0.25, 0.3) is 0 Å². The van der Waals surface area contributed by atoms with Crippen molar-refractivity contribution in [2.45, 2.75) is 84.3 Å². The van der Waals surface area contributed by atoms with Gasteiger partial charge < -0.3 is 10.2 Å². The first-order chi connectivity index (χ1) is 12.0. The molecule has 1 atom stereocenters. The molecule has 1 aliphatic rings. The Hall–Kier alpha value is -1.84. The van der Waals surface area contributed by atoms with Crippen molar-refractivity contribution in [1.82, 2.24) is 10.2 Å². The second kappa shape index (κ2) is 9.59. The Morgan fingerprint density at radius 1 is 1.20 bits per heavy atom. The van der Waals surface area contributed by atoms with Gasteiger partial charge in [0.2, 0.25) is 11.8 Å². The number of benzene rings is 1. The summed E-state index contributed by atoms with van der Waals surface area (Å²) in [5, 5.41) is 3.19. The van der Waals surface area contributed by atoms with Crippen LogP contribution in [0.1, 0.15) is 69.9 Å². The fourth-order valence-electron chi connectivity index (χ4n) is 3.67. The van der Waals surface area contributed by atoms with Crippen LogP contribution in [0.5, 0.6) is 0 Å². The van der Waals surface area contributed by atoms with Gasteiger partial charge in [-0.05, 0) is 31.7 Å². The van der Waals surface area contributed by atoms with Crippen LogP contribution in [0.4, 0.5) is 0 Å². The molecule has 0 spiro atoms. The van der Waals surface area contributed by atoms with Crippen molar-refractivity contribution < 1.29 is 9.59 Å². The van der Waals surface area contributed by atoms with E-state index < -0.39 is 6.04 Å². The Labute approximate surface area is 152 Å². The lowest BCUT2D eigenvalue weighted by Gasteiger charge is -2.32. The first kappa shape index (κ1) is 19.5. The third-order valence-corrected chi connectivity index (χ3v) is 5.08. The first-order valence-corrected chi connectivity index (χ1v) is 9.70. The zero-order chi connectivity index (χ0) is 18.2. The molecule has 4 heteroatoms. The molecule has 2 rings (SSSR count). The predicted molar refractivity (Wildman–Crippen MR) is 101 cm³/mol. The maximum Gasteiger partial charge on any atom is 0.243 e. The van der Waals surface area contributed by atoms with Gasteiger partial charge >= 0.3 is 0 Å². The second-order valence-electron chi connectivity index (χ2n) is 7.13. The van der Waals surface area contributed by atoms with E-state index >= 15 is 0 Å². The van der Waals surface area contributed by atoms with E-state index in [1.165, 1.54) is 24.8 Å². The molecule has 0 radical (unpaired) electrons. The second-order valence-corrected chi connectivity index (χ2v) is 7.13. The number of hydrogen-bond acceptors (Lipinski definition) is 2. The lowest BCUT2D eigenvalue weighted by atomic mass is 9.95. The van der Waals surface area contributed by atoms with Crippen molar-refractivity contribution in [1.29, 1.82) is 0 Å². The van der Waals surface area contributed by atoms with Crippen LogP contribution in [0.2, 0.25) is 0 Å². The van der Waals surface area contributed by atoms with Crippen molar-refractivity contribution in [3.63, 3.8) is 0 Å². The molecule has 4 nitrogen and oxygen atoms in total. The summed E-state index contributed by atoms with van der Waals surface area (Å²) < 4.78 is 0. The van der Waals surface area contributed by atoms with Crippen molar-refractivity contribution in [3.8, 4) is 0 Å². The van der Waals surface area contributed by atoms with Crippen molar-refractivity contribution >= 4 is 11.8 Å². The van der Waals surface area contributed by atoms with E-state index in [4.69, 9.17) is 0 Å². The zero-order valence-corrected chi connectivity index (χ0v) is 15.9. The van der Waals surface area contributed by atoms with Gasteiger partial charge in [-0.3, -0.25) is 9.59 Å². The molecule has 0 unspecified atom stereocenters. The maximum atomic E-state index is 12.9. The van der Waals surface area contributed by atoms with E-state index in [0.717, 1.165) is 18.4 Å². The summed E-state index contributed by atoms with van der Waals surface area (Å²) in [4.78, 5) is 27.2. The molecule has 1 aromatic rings. The number of carbonyl (C=O) groups excluding carboxylic acids is 2. The highest BCUT2D eigenvalue weighted by Gasteiger charge is 2.29. The van der Waals surface area contributed by atoms with Crippen LogP contribution >= 0.6 is 0 Å². The molecule has 0 aliphatic heterocycles. The van der Waals surface area contributed by atoms with E-state index in [1.807, 2.05) is 39.0 Å². The topological polar surface area (TPSA) is 49.4 Å². The third-order valence-electron chi connectivity index (χ3n) is 5.08. The molecule has 1 saturated carbocycles. The highest BCUT2D eigenvalue weighted by Crippen LogP contribution is 2.19. The highest BCUT2D eigenvalue weighted by atomic mass is 16.2. The Morgan fingerprint density at radius 2 is 1.92 bits per heavy atom. The molecule has 0 aromatic heterocycles. The van der Waals surface area contributed by atoms with E-state index in [0.29, 0.717) is 19.4 Å². The predicted octanol–water partition coefficient (Wildman–Crippen LogP) is 3.96. The summed E-state index contributed by atoms with van der Waals surface area (Å²) in [5.41, 5.74) is 2.24. The summed E-state index contributed by atoms with van der Waals surface area (Å²) in [6.07, 6.45) is 6.79. The number of nitrogens with one attached hydrogen (secondary N) is 1. The first-order valence-electron chi connectivity index (χ1n) is 9.70. The van der Waals surface area contributed by atoms with Crippen molar-refractivity contribution in [2.75, 3.05) is 0 Å². The molecule has 25 heavy (non-hydrogen) atoms. The molecule has 1 aliphatic carbocycles. The Kier molecular flexibility index (Phi) is 7.48. The number of amides is 2. The van der Waals surface area contributed by atoms with Gasteiger partial charge in [-0.25, -0.2) is 0 Å². The summed E-state index contributed by atoms with van der Waals surface area (Å²) in [7, 11) is 0. The van der Waals surface area contributed by atoms with Crippen molar-refractivity contribution in [3.05, 3.63) is 35.4 Å². The molecule has 2 amide bonds. The maximum absolute atomic E-state index is 12.9. The molecule has 1 N–H and O–H groups in total.